The molecule has 6 heteroatoms. The van der Waals surface area contributed by atoms with Crippen molar-refractivity contribution in [3.8, 4) is 0 Å². The smallest absolute Gasteiger partial charge is 0.264 e. The third-order valence-electron chi connectivity index (χ3n) is 2.60. The van der Waals surface area contributed by atoms with Gasteiger partial charge in [0.25, 0.3) is 10.1 Å². The van der Waals surface area contributed by atoms with Crippen LogP contribution in [0.5, 0.6) is 0 Å². The van der Waals surface area contributed by atoms with Gasteiger partial charge in [0.05, 0.1) is 18.5 Å². The molecule has 0 bridgehead atoms. The molecule has 0 N–H and O–H groups in total. The fraction of sp³-hybridized carbons (Fsp3) is 0.545. The van der Waals surface area contributed by atoms with Crippen molar-refractivity contribution in [2.75, 3.05) is 12.9 Å². The Morgan fingerprint density at radius 2 is 2.35 bits per heavy atom. The Morgan fingerprint density at radius 1 is 1.53 bits per heavy atom. The van der Waals surface area contributed by atoms with Gasteiger partial charge in [-0.15, -0.1) is 0 Å². The van der Waals surface area contributed by atoms with E-state index in [0.29, 0.717) is 19.4 Å². The monoisotopic (exact) mass is 257 g/mol. The number of rotatable bonds is 3. The second kappa shape index (κ2) is 5.12. The van der Waals surface area contributed by atoms with E-state index >= 15 is 0 Å². The van der Waals surface area contributed by atoms with E-state index in [0.717, 1.165) is 11.8 Å². The minimum atomic E-state index is -3.40. The van der Waals surface area contributed by atoms with Crippen LogP contribution in [0.3, 0.4) is 0 Å². The number of hydrogen-bond donors (Lipinski definition) is 0. The van der Waals surface area contributed by atoms with Gasteiger partial charge in [0.15, 0.2) is 0 Å². The zero-order valence-corrected chi connectivity index (χ0v) is 10.4. The highest BCUT2D eigenvalue weighted by atomic mass is 32.2. The van der Waals surface area contributed by atoms with E-state index in [-0.39, 0.29) is 12.2 Å². The summed E-state index contributed by atoms with van der Waals surface area (Å²) in [6.07, 6.45) is 5.20. The molecular weight excluding hydrogens is 242 g/mol. The molecule has 2 atom stereocenters. The molecule has 0 saturated carbocycles. The molecule has 17 heavy (non-hydrogen) atoms. The molecular formula is C11H15NO4S. The first kappa shape index (κ1) is 12.5. The van der Waals surface area contributed by atoms with Gasteiger partial charge >= 0.3 is 0 Å². The lowest BCUT2D eigenvalue weighted by Crippen LogP contribution is -2.28. The molecule has 5 nitrogen and oxygen atoms in total. The second-order valence-corrected chi connectivity index (χ2v) is 5.69. The second-order valence-electron chi connectivity index (χ2n) is 4.09. The lowest BCUT2D eigenvalue weighted by Gasteiger charge is -2.28. The molecule has 0 radical (unpaired) electrons. The summed E-state index contributed by atoms with van der Waals surface area (Å²) < 4.78 is 32.7. The lowest BCUT2D eigenvalue weighted by molar-refractivity contribution is -0.0343. The summed E-state index contributed by atoms with van der Waals surface area (Å²) in [4.78, 5) is 4.02. The number of hydrogen-bond acceptors (Lipinski definition) is 5. The Kier molecular flexibility index (Phi) is 3.76. The van der Waals surface area contributed by atoms with Crippen molar-refractivity contribution in [2.45, 2.75) is 25.0 Å². The Balaban J connectivity index is 2.03. The van der Waals surface area contributed by atoms with Crippen LogP contribution in [0.4, 0.5) is 0 Å². The Hall–Kier alpha value is -0.980. The van der Waals surface area contributed by atoms with E-state index in [2.05, 4.69) is 4.98 Å². The van der Waals surface area contributed by atoms with Gasteiger partial charge in [0.2, 0.25) is 0 Å². The maximum absolute atomic E-state index is 11.1. The largest absolute Gasteiger partial charge is 0.373 e. The van der Waals surface area contributed by atoms with Crippen LogP contribution >= 0.6 is 0 Å². The highest BCUT2D eigenvalue weighted by molar-refractivity contribution is 7.86. The van der Waals surface area contributed by atoms with Gasteiger partial charge in [-0.05, 0) is 18.1 Å². The third-order valence-corrected chi connectivity index (χ3v) is 3.22. The lowest BCUT2D eigenvalue weighted by atomic mass is 10.0. The zero-order chi connectivity index (χ0) is 12.3. The summed E-state index contributed by atoms with van der Waals surface area (Å²) in [6.45, 7) is 0.500. The molecule has 0 spiro atoms. The van der Waals surface area contributed by atoms with Gasteiger partial charge in [-0.2, -0.15) is 8.42 Å². The van der Waals surface area contributed by atoms with Crippen LogP contribution in [-0.2, 0) is 19.0 Å². The van der Waals surface area contributed by atoms with Gasteiger partial charge in [-0.1, -0.05) is 6.07 Å². The first-order valence-corrected chi connectivity index (χ1v) is 7.26. The molecule has 1 fully saturated rings. The number of pyridine rings is 1. The van der Waals surface area contributed by atoms with Gasteiger partial charge < -0.3 is 4.74 Å². The topological polar surface area (TPSA) is 65.5 Å². The maximum Gasteiger partial charge on any atom is 0.264 e. The predicted molar refractivity (Wildman–Crippen MR) is 61.9 cm³/mol. The average Bonchev–Trinajstić information content (AvgIpc) is 2.28. The molecule has 2 heterocycles. The Bertz CT molecular complexity index is 460. The van der Waals surface area contributed by atoms with E-state index in [4.69, 9.17) is 8.92 Å². The molecule has 1 saturated heterocycles. The molecule has 1 aromatic heterocycles. The highest BCUT2D eigenvalue weighted by Gasteiger charge is 2.27. The molecule has 94 valence electrons. The molecule has 1 aromatic rings. The van der Waals surface area contributed by atoms with E-state index < -0.39 is 10.1 Å². The molecule has 0 aromatic carbocycles. The molecule has 1 aliphatic rings. The Labute approximate surface area is 101 Å². The van der Waals surface area contributed by atoms with Crippen LogP contribution in [-0.4, -0.2) is 32.4 Å². The summed E-state index contributed by atoms with van der Waals surface area (Å²) in [5.74, 6) is 0. The van der Waals surface area contributed by atoms with Crippen molar-refractivity contribution in [3.05, 3.63) is 30.1 Å². The first-order valence-electron chi connectivity index (χ1n) is 5.44. The van der Waals surface area contributed by atoms with E-state index in [1.807, 2.05) is 12.1 Å². The normalized spacial score (nSPS) is 25.7. The number of nitrogens with zero attached hydrogens (tertiary/aromatic N) is 1. The van der Waals surface area contributed by atoms with Gasteiger partial charge in [-0.3, -0.25) is 9.17 Å². The summed E-state index contributed by atoms with van der Waals surface area (Å²) in [5.41, 5.74) is 0.953. The van der Waals surface area contributed by atoms with Crippen LogP contribution in [0.25, 0.3) is 0 Å². The van der Waals surface area contributed by atoms with Crippen LogP contribution in [0.15, 0.2) is 24.5 Å². The fourth-order valence-electron chi connectivity index (χ4n) is 1.90. The van der Waals surface area contributed by atoms with Crippen LogP contribution in [0.2, 0.25) is 0 Å². The van der Waals surface area contributed by atoms with E-state index in [1.54, 1.807) is 12.4 Å². The Morgan fingerprint density at radius 3 is 3.00 bits per heavy atom. The minimum absolute atomic E-state index is 0.135. The SMILES string of the molecule is CS(=O)(=O)O[C@@H]1CCO[C@H](c2cccnc2)C1. The summed E-state index contributed by atoms with van der Waals surface area (Å²) in [5, 5.41) is 0. The summed E-state index contributed by atoms with van der Waals surface area (Å²) in [6, 6.07) is 3.75. The molecule has 0 aliphatic carbocycles. The quantitative estimate of drug-likeness (QED) is 0.763. The van der Waals surface area contributed by atoms with Crippen molar-refractivity contribution in [2.24, 2.45) is 0 Å². The number of aromatic nitrogens is 1. The third kappa shape index (κ3) is 3.76. The van der Waals surface area contributed by atoms with Crippen molar-refractivity contribution < 1.29 is 17.3 Å². The number of ether oxygens (including phenoxy) is 1. The molecule has 1 aliphatic heterocycles. The maximum atomic E-state index is 11.1. The molecule has 0 amide bonds. The average molecular weight is 257 g/mol. The van der Waals surface area contributed by atoms with Crippen molar-refractivity contribution in [3.63, 3.8) is 0 Å². The predicted octanol–water partition coefficient (Wildman–Crippen LogP) is 1.28. The minimum Gasteiger partial charge on any atom is -0.373 e. The zero-order valence-electron chi connectivity index (χ0n) is 9.57. The van der Waals surface area contributed by atoms with E-state index in [1.165, 1.54) is 0 Å². The summed E-state index contributed by atoms with van der Waals surface area (Å²) >= 11 is 0. The van der Waals surface area contributed by atoms with Crippen LogP contribution < -0.4 is 0 Å². The van der Waals surface area contributed by atoms with E-state index in [9.17, 15) is 8.42 Å². The first-order chi connectivity index (χ1) is 8.04. The highest BCUT2D eigenvalue weighted by Crippen LogP contribution is 2.29. The van der Waals surface area contributed by atoms with Crippen molar-refractivity contribution in [1.29, 1.82) is 0 Å². The van der Waals surface area contributed by atoms with Gasteiger partial charge in [0, 0.05) is 25.4 Å². The standard InChI is InChI=1S/C11H15NO4S/c1-17(13,14)16-10-4-6-15-11(7-10)9-3-2-5-12-8-9/h2-3,5,8,10-11H,4,6-7H2,1H3/t10-,11+/m1/s1. The van der Waals surface area contributed by atoms with Gasteiger partial charge in [0.1, 0.15) is 0 Å². The molecule has 2 rings (SSSR count). The fourth-order valence-corrected chi connectivity index (χ4v) is 2.57. The van der Waals surface area contributed by atoms with Gasteiger partial charge in [-0.25, -0.2) is 0 Å². The van der Waals surface area contributed by atoms with Crippen LogP contribution in [0, 0.1) is 0 Å². The van der Waals surface area contributed by atoms with Crippen molar-refractivity contribution >= 4 is 10.1 Å². The molecule has 0 unspecified atom stereocenters. The van der Waals surface area contributed by atoms with Crippen molar-refractivity contribution in [1.82, 2.24) is 4.98 Å². The van der Waals surface area contributed by atoms with Crippen LogP contribution in [0.1, 0.15) is 24.5 Å². The summed E-state index contributed by atoms with van der Waals surface area (Å²) in [7, 11) is -3.40.